The van der Waals surface area contributed by atoms with Crippen LogP contribution in [0.3, 0.4) is 0 Å². The number of pyridine rings is 2. The van der Waals surface area contributed by atoms with Crippen LogP contribution in [0.2, 0.25) is 0 Å². The fraction of sp³-hybridized carbons (Fsp3) is 0.357. The zero-order chi connectivity index (χ0) is 25.4. The molecule has 6 rings (SSSR count). The van der Waals surface area contributed by atoms with Crippen molar-refractivity contribution in [1.29, 1.82) is 0 Å². The Morgan fingerprint density at radius 1 is 1.11 bits per heavy atom. The van der Waals surface area contributed by atoms with Gasteiger partial charge in [0.25, 0.3) is 0 Å². The predicted molar refractivity (Wildman–Crippen MR) is 143 cm³/mol. The number of aromatic amines is 1. The van der Waals surface area contributed by atoms with E-state index in [1.165, 1.54) is 5.56 Å². The van der Waals surface area contributed by atoms with E-state index in [0.29, 0.717) is 17.8 Å². The highest BCUT2D eigenvalue weighted by molar-refractivity contribution is 5.85. The number of anilines is 2. The minimum absolute atomic E-state index is 0.299. The number of amides is 1. The highest BCUT2D eigenvalue weighted by atomic mass is 16.5. The van der Waals surface area contributed by atoms with Gasteiger partial charge >= 0.3 is 0 Å². The molecule has 4 aromatic rings. The molecule has 37 heavy (non-hydrogen) atoms. The van der Waals surface area contributed by atoms with Crippen LogP contribution in [0.1, 0.15) is 24.1 Å². The second-order valence-electron chi connectivity index (χ2n) is 9.89. The van der Waals surface area contributed by atoms with Crippen molar-refractivity contribution in [1.82, 2.24) is 29.7 Å². The predicted octanol–water partition coefficient (Wildman–Crippen LogP) is 4.13. The molecule has 2 aliphatic rings. The minimum atomic E-state index is 0.299. The van der Waals surface area contributed by atoms with Crippen LogP contribution in [0, 0.1) is 12.8 Å². The summed E-state index contributed by atoms with van der Waals surface area (Å²) >= 11 is 0. The first-order valence-corrected chi connectivity index (χ1v) is 12.8. The van der Waals surface area contributed by atoms with Crippen molar-refractivity contribution in [2.75, 3.05) is 38.6 Å². The highest BCUT2D eigenvalue weighted by Gasteiger charge is 2.34. The first-order chi connectivity index (χ1) is 18.1. The van der Waals surface area contributed by atoms with Gasteiger partial charge in [-0.1, -0.05) is 6.07 Å². The highest BCUT2D eigenvalue weighted by Crippen LogP contribution is 2.33. The van der Waals surface area contributed by atoms with Crippen LogP contribution in [-0.4, -0.2) is 68.9 Å². The first-order valence-electron chi connectivity index (χ1n) is 12.8. The van der Waals surface area contributed by atoms with Gasteiger partial charge in [-0.2, -0.15) is 0 Å². The summed E-state index contributed by atoms with van der Waals surface area (Å²) in [6.07, 6.45) is 5.71. The van der Waals surface area contributed by atoms with Crippen molar-refractivity contribution in [3.63, 3.8) is 0 Å². The summed E-state index contributed by atoms with van der Waals surface area (Å²) in [6, 6.07) is 12.2. The van der Waals surface area contributed by atoms with Gasteiger partial charge in [-0.05, 0) is 61.2 Å². The van der Waals surface area contributed by atoms with Gasteiger partial charge in [0.1, 0.15) is 11.6 Å². The fourth-order valence-electron chi connectivity index (χ4n) is 4.91. The molecule has 9 heteroatoms. The number of aromatic nitrogens is 4. The molecule has 1 aliphatic carbocycles. The van der Waals surface area contributed by atoms with Crippen LogP contribution in [-0.2, 0) is 11.3 Å². The van der Waals surface area contributed by atoms with Gasteiger partial charge in [-0.3, -0.25) is 14.7 Å². The number of carbonyl (C=O) groups is 1. The third-order valence-electron chi connectivity index (χ3n) is 7.10. The third kappa shape index (κ3) is 5.13. The van der Waals surface area contributed by atoms with Gasteiger partial charge in [0.05, 0.1) is 24.3 Å². The molecule has 0 atom stereocenters. The molecule has 0 bridgehead atoms. The summed E-state index contributed by atoms with van der Waals surface area (Å²) in [5, 5.41) is 3.32. The van der Waals surface area contributed by atoms with Crippen LogP contribution in [0.4, 0.5) is 11.8 Å². The number of fused-ring (bicyclic) bond motifs is 1. The van der Waals surface area contributed by atoms with Crippen LogP contribution in [0.15, 0.2) is 48.8 Å². The number of hydrogen-bond donors (Lipinski definition) is 2. The van der Waals surface area contributed by atoms with Gasteiger partial charge < -0.3 is 19.9 Å². The molecule has 4 heterocycles. The van der Waals surface area contributed by atoms with E-state index in [-0.39, 0.29) is 0 Å². The average Bonchev–Trinajstić information content (AvgIpc) is 3.68. The Balaban J connectivity index is 1.13. The maximum Gasteiger partial charge on any atom is 0.225 e. The number of rotatable bonds is 7. The lowest BCUT2D eigenvalue weighted by atomic mass is 10.0. The lowest BCUT2D eigenvalue weighted by Gasteiger charge is -2.34. The standard InChI is InChI=1S/C28H31N7O2/c1-18-13-22(25(37-2)16-30-18)21-5-6-23-24(15-21)32-28(31-23)33-26-14-19(7-8-29-26)17-34-9-11-35(12-10-34)27(36)20-3-4-20/h5-8,13-16,20H,3-4,9-12,17H2,1-2H3,(H2,29,31,32,33). The normalized spacial score (nSPS) is 16.2. The largest absolute Gasteiger partial charge is 0.494 e. The summed E-state index contributed by atoms with van der Waals surface area (Å²) in [5.41, 5.74) is 5.93. The first kappa shape index (κ1) is 23.4. The molecule has 0 unspecified atom stereocenters. The Labute approximate surface area is 215 Å². The molecule has 1 saturated heterocycles. The van der Waals surface area contributed by atoms with E-state index in [0.717, 1.165) is 85.0 Å². The molecule has 1 saturated carbocycles. The van der Waals surface area contributed by atoms with E-state index in [4.69, 9.17) is 9.72 Å². The summed E-state index contributed by atoms with van der Waals surface area (Å²) < 4.78 is 5.51. The average molecular weight is 498 g/mol. The number of hydrogen-bond acceptors (Lipinski definition) is 7. The number of ether oxygens (including phenoxy) is 1. The van der Waals surface area contributed by atoms with Gasteiger partial charge in [-0.15, -0.1) is 0 Å². The number of piperazine rings is 1. The molecule has 2 fully saturated rings. The quantitative estimate of drug-likeness (QED) is 0.396. The van der Waals surface area contributed by atoms with Crippen molar-refractivity contribution in [3.05, 3.63) is 60.0 Å². The second kappa shape index (κ2) is 9.82. The Morgan fingerprint density at radius 2 is 1.95 bits per heavy atom. The molecule has 1 aliphatic heterocycles. The van der Waals surface area contributed by atoms with Crippen molar-refractivity contribution in [3.8, 4) is 16.9 Å². The monoisotopic (exact) mass is 497 g/mol. The Kier molecular flexibility index (Phi) is 6.21. The van der Waals surface area contributed by atoms with E-state index in [2.05, 4.69) is 37.3 Å². The van der Waals surface area contributed by atoms with Gasteiger partial charge in [0.15, 0.2) is 0 Å². The van der Waals surface area contributed by atoms with Crippen LogP contribution >= 0.6 is 0 Å². The van der Waals surface area contributed by atoms with Crippen molar-refractivity contribution >= 4 is 28.7 Å². The number of imidazole rings is 1. The number of nitrogens with one attached hydrogen (secondary N) is 2. The summed E-state index contributed by atoms with van der Waals surface area (Å²) in [5.74, 6) is 2.77. The molecule has 2 N–H and O–H groups in total. The summed E-state index contributed by atoms with van der Waals surface area (Å²) in [6.45, 7) is 6.24. The number of benzene rings is 1. The molecule has 1 aromatic carbocycles. The van der Waals surface area contributed by atoms with Gasteiger partial charge in [-0.25, -0.2) is 9.97 Å². The van der Waals surface area contributed by atoms with Gasteiger partial charge in [0, 0.05) is 56.1 Å². The molecular formula is C28H31N7O2. The second-order valence-corrected chi connectivity index (χ2v) is 9.89. The van der Waals surface area contributed by atoms with Crippen LogP contribution in [0.25, 0.3) is 22.2 Å². The number of aryl methyl sites for hydroxylation is 1. The number of H-pyrrole nitrogens is 1. The van der Waals surface area contributed by atoms with E-state index in [1.54, 1.807) is 13.3 Å². The van der Waals surface area contributed by atoms with E-state index < -0.39 is 0 Å². The van der Waals surface area contributed by atoms with Gasteiger partial charge in [0.2, 0.25) is 11.9 Å². The fourth-order valence-corrected chi connectivity index (χ4v) is 4.91. The summed E-state index contributed by atoms with van der Waals surface area (Å²) in [7, 11) is 1.66. The van der Waals surface area contributed by atoms with Crippen LogP contribution in [0.5, 0.6) is 5.75 Å². The SMILES string of the molecule is COc1cnc(C)cc1-c1ccc2nc(Nc3cc(CN4CCN(C(=O)C5CC5)CC4)ccn3)[nH]c2c1. The zero-order valence-electron chi connectivity index (χ0n) is 21.2. The van der Waals surface area contributed by atoms with E-state index in [1.807, 2.05) is 42.3 Å². The number of methoxy groups -OCH3 is 1. The van der Waals surface area contributed by atoms with E-state index in [9.17, 15) is 4.79 Å². The summed E-state index contributed by atoms with van der Waals surface area (Å²) in [4.78, 5) is 33.6. The molecule has 0 radical (unpaired) electrons. The molecule has 9 nitrogen and oxygen atoms in total. The third-order valence-corrected chi connectivity index (χ3v) is 7.10. The zero-order valence-corrected chi connectivity index (χ0v) is 21.2. The van der Waals surface area contributed by atoms with E-state index >= 15 is 0 Å². The van der Waals surface area contributed by atoms with Crippen molar-refractivity contribution < 1.29 is 9.53 Å². The Bertz CT molecular complexity index is 1440. The number of nitrogens with zero attached hydrogens (tertiary/aromatic N) is 5. The lowest BCUT2D eigenvalue weighted by molar-refractivity contribution is -0.134. The van der Waals surface area contributed by atoms with Crippen molar-refractivity contribution in [2.24, 2.45) is 5.92 Å². The molecule has 3 aromatic heterocycles. The van der Waals surface area contributed by atoms with Crippen molar-refractivity contribution in [2.45, 2.75) is 26.3 Å². The minimum Gasteiger partial charge on any atom is -0.494 e. The Morgan fingerprint density at radius 3 is 2.73 bits per heavy atom. The maximum atomic E-state index is 12.3. The topological polar surface area (TPSA) is 99.3 Å². The lowest BCUT2D eigenvalue weighted by Crippen LogP contribution is -2.48. The smallest absolute Gasteiger partial charge is 0.225 e. The molecule has 0 spiro atoms. The molecule has 1 amide bonds. The van der Waals surface area contributed by atoms with Crippen LogP contribution < -0.4 is 10.1 Å². The number of carbonyl (C=O) groups excluding carboxylic acids is 1. The molecular weight excluding hydrogens is 466 g/mol. The molecule has 190 valence electrons. The Hall–Kier alpha value is -3.98. The maximum absolute atomic E-state index is 12.3.